The first-order chi connectivity index (χ1) is 9.52. The standard InChI is InChI=1S/C16H11ClINO/c1-10-3-2-4-11(7-10)13(9-19)16(20)12-5-6-15(18)14(17)8-12/h2-8,13H,1H3. The maximum Gasteiger partial charge on any atom is 0.184 e. The van der Waals surface area contributed by atoms with Gasteiger partial charge in [-0.15, -0.1) is 0 Å². The zero-order valence-corrected chi connectivity index (χ0v) is 13.6. The monoisotopic (exact) mass is 395 g/mol. The summed E-state index contributed by atoms with van der Waals surface area (Å²) >= 11 is 8.13. The molecule has 0 aliphatic rings. The topological polar surface area (TPSA) is 40.9 Å². The van der Waals surface area contributed by atoms with E-state index in [2.05, 4.69) is 28.7 Å². The van der Waals surface area contributed by atoms with Gasteiger partial charge in [0.2, 0.25) is 0 Å². The van der Waals surface area contributed by atoms with Crippen LogP contribution in [0.4, 0.5) is 0 Å². The van der Waals surface area contributed by atoms with Gasteiger partial charge in [0.25, 0.3) is 0 Å². The molecule has 20 heavy (non-hydrogen) atoms. The van der Waals surface area contributed by atoms with Crippen molar-refractivity contribution >= 4 is 40.0 Å². The van der Waals surface area contributed by atoms with Crippen molar-refractivity contribution in [2.24, 2.45) is 0 Å². The van der Waals surface area contributed by atoms with E-state index in [1.54, 1.807) is 24.3 Å². The Bertz CT molecular complexity index is 706. The van der Waals surface area contributed by atoms with Crippen LogP contribution in [0.2, 0.25) is 5.02 Å². The number of nitrogens with zero attached hydrogens (tertiary/aromatic N) is 1. The Morgan fingerprint density at radius 3 is 2.65 bits per heavy atom. The van der Waals surface area contributed by atoms with E-state index in [-0.39, 0.29) is 5.78 Å². The fourth-order valence-electron chi connectivity index (χ4n) is 1.95. The van der Waals surface area contributed by atoms with Crippen LogP contribution in [0.15, 0.2) is 42.5 Å². The van der Waals surface area contributed by atoms with Gasteiger partial charge in [-0.05, 0) is 47.2 Å². The van der Waals surface area contributed by atoms with Crippen molar-refractivity contribution in [1.29, 1.82) is 5.26 Å². The molecule has 0 fully saturated rings. The van der Waals surface area contributed by atoms with Gasteiger partial charge in [-0.2, -0.15) is 5.26 Å². The van der Waals surface area contributed by atoms with Gasteiger partial charge in [-0.25, -0.2) is 0 Å². The lowest BCUT2D eigenvalue weighted by molar-refractivity contribution is 0.0979. The summed E-state index contributed by atoms with van der Waals surface area (Å²) in [5.74, 6) is -1.03. The van der Waals surface area contributed by atoms with E-state index in [0.717, 1.165) is 9.13 Å². The highest BCUT2D eigenvalue weighted by molar-refractivity contribution is 14.1. The highest BCUT2D eigenvalue weighted by Gasteiger charge is 2.22. The smallest absolute Gasteiger partial charge is 0.184 e. The molecule has 0 bridgehead atoms. The molecule has 2 nitrogen and oxygen atoms in total. The highest BCUT2D eigenvalue weighted by atomic mass is 127. The third kappa shape index (κ3) is 3.20. The summed E-state index contributed by atoms with van der Waals surface area (Å²) in [5, 5.41) is 9.85. The predicted octanol–water partition coefficient (Wildman–Crippen LogP) is 4.74. The van der Waals surface area contributed by atoms with Gasteiger partial charge in [0, 0.05) is 9.13 Å². The molecule has 0 heterocycles. The molecule has 0 N–H and O–H groups in total. The molecule has 2 aromatic carbocycles. The largest absolute Gasteiger partial charge is 0.292 e. The number of carbonyl (C=O) groups is 1. The van der Waals surface area contributed by atoms with Gasteiger partial charge >= 0.3 is 0 Å². The SMILES string of the molecule is Cc1cccc(C(C#N)C(=O)c2ccc(I)c(Cl)c2)c1. The zero-order chi connectivity index (χ0) is 14.7. The van der Waals surface area contributed by atoms with E-state index in [1.165, 1.54) is 0 Å². The molecular formula is C16H11ClINO. The summed E-state index contributed by atoms with van der Waals surface area (Å²) in [5.41, 5.74) is 2.20. The molecule has 2 rings (SSSR count). The number of ketones is 1. The molecule has 0 saturated carbocycles. The maximum atomic E-state index is 12.5. The van der Waals surface area contributed by atoms with Gasteiger partial charge in [-0.1, -0.05) is 47.5 Å². The van der Waals surface area contributed by atoms with Crippen LogP contribution in [0.5, 0.6) is 0 Å². The van der Waals surface area contributed by atoms with Crippen LogP contribution < -0.4 is 0 Å². The second-order valence-electron chi connectivity index (χ2n) is 4.47. The molecular weight excluding hydrogens is 385 g/mol. The lowest BCUT2D eigenvalue weighted by Crippen LogP contribution is -2.11. The lowest BCUT2D eigenvalue weighted by Gasteiger charge is -2.10. The average molecular weight is 396 g/mol. The van der Waals surface area contributed by atoms with Crippen LogP contribution in [0.3, 0.4) is 0 Å². The van der Waals surface area contributed by atoms with Gasteiger partial charge in [0.1, 0.15) is 5.92 Å². The van der Waals surface area contributed by atoms with Crippen molar-refractivity contribution in [2.45, 2.75) is 12.8 Å². The average Bonchev–Trinajstić information content (AvgIpc) is 2.42. The summed E-state index contributed by atoms with van der Waals surface area (Å²) in [7, 11) is 0. The van der Waals surface area contributed by atoms with Gasteiger partial charge in [0.05, 0.1) is 11.1 Å². The number of aryl methyl sites for hydroxylation is 1. The highest BCUT2D eigenvalue weighted by Crippen LogP contribution is 2.25. The Kier molecular flexibility index (Phi) is 4.79. The number of nitriles is 1. The normalized spacial score (nSPS) is 11.7. The van der Waals surface area contributed by atoms with E-state index in [1.807, 2.05) is 25.1 Å². The van der Waals surface area contributed by atoms with E-state index < -0.39 is 5.92 Å². The number of hydrogen-bond acceptors (Lipinski definition) is 2. The predicted molar refractivity (Wildman–Crippen MR) is 88.0 cm³/mol. The molecule has 0 saturated heterocycles. The van der Waals surface area contributed by atoms with Gasteiger partial charge < -0.3 is 0 Å². The van der Waals surface area contributed by atoms with Crippen LogP contribution in [-0.2, 0) is 0 Å². The molecule has 4 heteroatoms. The first-order valence-corrected chi connectivity index (χ1v) is 7.44. The summed E-state index contributed by atoms with van der Waals surface area (Å²) in [6.07, 6.45) is 0. The molecule has 100 valence electrons. The minimum absolute atomic E-state index is 0.226. The Hall–Kier alpha value is -1.38. The fourth-order valence-corrected chi connectivity index (χ4v) is 2.47. The quantitative estimate of drug-likeness (QED) is 0.556. The first kappa shape index (κ1) is 15.0. The van der Waals surface area contributed by atoms with Crippen molar-refractivity contribution in [3.8, 4) is 6.07 Å². The minimum atomic E-state index is -0.800. The van der Waals surface area contributed by atoms with Gasteiger partial charge in [-0.3, -0.25) is 4.79 Å². The van der Waals surface area contributed by atoms with Gasteiger partial charge in [0.15, 0.2) is 5.78 Å². The molecule has 0 radical (unpaired) electrons. The second kappa shape index (κ2) is 6.38. The van der Waals surface area contributed by atoms with Crippen molar-refractivity contribution in [1.82, 2.24) is 0 Å². The summed E-state index contributed by atoms with van der Waals surface area (Å²) < 4.78 is 0.880. The Morgan fingerprint density at radius 1 is 1.30 bits per heavy atom. The molecule has 1 atom stereocenters. The molecule has 2 aromatic rings. The number of hydrogen-bond donors (Lipinski definition) is 0. The second-order valence-corrected chi connectivity index (χ2v) is 6.04. The molecule has 0 amide bonds. The van der Waals surface area contributed by atoms with Crippen molar-refractivity contribution in [3.63, 3.8) is 0 Å². The number of rotatable bonds is 3. The van der Waals surface area contributed by atoms with Crippen LogP contribution in [0.1, 0.15) is 27.4 Å². The molecule has 0 aromatic heterocycles. The first-order valence-electron chi connectivity index (χ1n) is 5.98. The fraction of sp³-hybridized carbons (Fsp3) is 0.125. The van der Waals surface area contributed by atoms with E-state index in [0.29, 0.717) is 16.1 Å². The van der Waals surface area contributed by atoms with Crippen molar-refractivity contribution in [3.05, 3.63) is 67.7 Å². The third-order valence-electron chi connectivity index (χ3n) is 2.97. The summed E-state index contributed by atoms with van der Waals surface area (Å²) in [6.45, 7) is 1.93. The molecule has 0 spiro atoms. The van der Waals surface area contributed by atoms with Crippen LogP contribution in [0.25, 0.3) is 0 Å². The summed E-state index contributed by atoms with van der Waals surface area (Å²) in [4.78, 5) is 12.5. The van der Waals surface area contributed by atoms with Crippen LogP contribution in [-0.4, -0.2) is 5.78 Å². The Balaban J connectivity index is 2.39. The number of halogens is 2. The number of Topliss-reactive ketones (excluding diaryl/α,β-unsaturated/α-hetero) is 1. The van der Waals surface area contributed by atoms with Crippen molar-refractivity contribution in [2.75, 3.05) is 0 Å². The number of carbonyl (C=O) groups excluding carboxylic acids is 1. The van der Waals surface area contributed by atoms with Crippen LogP contribution >= 0.6 is 34.2 Å². The molecule has 0 aliphatic heterocycles. The minimum Gasteiger partial charge on any atom is -0.292 e. The van der Waals surface area contributed by atoms with E-state index in [4.69, 9.17) is 11.6 Å². The third-order valence-corrected chi connectivity index (χ3v) is 4.54. The maximum absolute atomic E-state index is 12.5. The summed E-state index contributed by atoms with van der Waals surface area (Å²) in [6, 6.07) is 14.6. The zero-order valence-electron chi connectivity index (χ0n) is 10.7. The van der Waals surface area contributed by atoms with Crippen LogP contribution in [0, 0.1) is 21.8 Å². The lowest BCUT2D eigenvalue weighted by atomic mass is 9.91. The van der Waals surface area contributed by atoms with E-state index >= 15 is 0 Å². The Morgan fingerprint density at radius 2 is 2.05 bits per heavy atom. The van der Waals surface area contributed by atoms with E-state index in [9.17, 15) is 10.1 Å². The molecule has 1 unspecified atom stereocenters. The molecule has 0 aliphatic carbocycles. The van der Waals surface area contributed by atoms with Crippen molar-refractivity contribution < 1.29 is 4.79 Å². The number of benzene rings is 2. The Labute approximate surface area is 136 Å².